The Hall–Kier alpha value is -3.31. The van der Waals surface area contributed by atoms with Gasteiger partial charge in [-0.25, -0.2) is 4.68 Å². The predicted octanol–water partition coefficient (Wildman–Crippen LogP) is 4.20. The van der Waals surface area contributed by atoms with Gasteiger partial charge in [-0.1, -0.05) is 25.0 Å². The molecule has 1 aliphatic carbocycles. The molecule has 0 atom stereocenters. The average Bonchev–Trinajstić information content (AvgIpc) is 3.50. The van der Waals surface area contributed by atoms with Crippen LogP contribution in [-0.2, 0) is 6.54 Å². The summed E-state index contributed by atoms with van der Waals surface area (Å²) in [6.45, 7) is 1.31. The number of likely N-dealkylation sites (N-methyl/N-ethyl adjacent to an activating group) is 1. The number of hydrogen-bond donors (Lipinski definition) is 1. The first-order valence-corrected chi connectivity index (χ1v) is 12.0. The molecular formula is C23H27N7O3S. The van der Waals surface area contributed by atoms with Crippen LogP contribution in [0.5, 0.6) is 0 Å². The summed E-state index contributed by atoms with van der Waals surface area (Å²) in [6, 6.07) is 12.1. The number of nitro benzene ring substituents is 1. The fourth-order valence-corrected chi connectivity index (χ4v) is 4.90. The first-order chi connectivity index (χ1) is 16.4. The number of rotatable bonds is 9. The third-order valence-electron chi connectivity index (χ3n) is 5.87. The number of tetrazole rings is 1. The van der Waals surface area contributed by atoms with Gasteiger partial charge in [-0.3, -0.25) is 14.9 Å². The fraction of sp³-hybridized carbons (Fsp3) is 0.391. The molecule has 0 unspecified atom stereocenters. The second kappa shape index (κ2) is 10.7. The molecule has 0 aliphatic heterocycles. The van der Waals surface area contributed by atoms with Crippen molar-refractivity contribution in [3.05, 3.63) is 63.7 Å². The summed E-state index contributed by atoms with van der Waals surface area (Å²) in [7, 11) is 3.91. The second-order valence-electron chi connectivity index (χ2n) is 8.59. The van der Waals surface area contributed by atoms with Gasteiger partial charge in [-0.15, -0.1) is 5.10 Å². The third kappa shape index (κ3) is 5.78. The van der Waals surface area contributed by atoms with E-state index < -0.39 is 10.8 Å². The number of nitrogens with zero attached hydrogens (tertiary/aromatic N) is 6. The number of aromatic nitrogens is 4. The zero-order valence-electron chi connectivity index (χ0n) is 19.2. The topological polar surface area (TPSA) is 119 Å². The van der Waals surface area contributed by atoms with Crippen LogP contribution in [0.2, 0.25) is 0 Å². The molecule has 10 nitrogen and oxygen atoms in total. The van der Waals surface area contributed by atoms with Crippen molar-refractivity contribution in [3.63, 3.8) is 0 Å². The summed E-state index contributed by atoms with van der Waals surface area (Å²) in [5.41, 5.74) is 1.97. The number of carbonyl (C=O) groups excluding carboxylic acids is 1. The molecule has 2 aromatic carbocycles. The van der Waals surface area contributed by atoms with Crippen LogP contribution in [0.1, 0.15) is 47.5 Å². The van der Waals surface area contributed by atoms with Gasteiger partial charge < -0.3 is 10.2 Å². The largest absolute Gasteiger partial charge is 0.322 e. The molecule has 178 valence electrons. The minimum absolute atomic E-state index is 0.154. The molecule has 3 aromatic rings. The highest BCUT2D eigenvalue weighted by atomic mass is 32.2. The summed E-state index contributed by atoms with van der Waals surface area (Å²) in [5, 5.41) is 26.5. The second-order valence-corrected chi connectivity index (χ2v) is 9.59. The van der Waals surface area contributed by atoms with Crippen LogP contribution < -0.4 is 5.32 Å². The van der Waals surface area contributed by atoms with Gasteiger partial charge in [0.2, 0.25) is 5.16 Å². The van der Waals surface area contributed by atoms with Crippen molar-refractivity contribution in [1.29, 1.82) is 0 Å². The average molecular weight is 482 g/mol. The van der Waals surface area contributed by atoms with Crippen molar-refractivity contribution in [1.82, 2.24) is 25.1 Å². The van der Waals surface area contributed by atoms with Gasteiger partial charge >= 0.3 is 0 Å². The van der Waals surface area contributed by atoms with E-state index in [0.717, 1.165) is 6.54 Å². The number of anilines is 1. The zero-order chi connectivity index (χ0) is 24.1. The minimum Gasteiger partial charge on any atom is -0.322 e. The Morgan fingerprint density at radius 1 is 1.21 bits per heavy atom. The molecule has 0 saturated heterocycles. The lowest BCUT2D eigenvalue weighted by Crippen LogP contribution is -2.19. The number of benzene rings is 2. The van der Waals surface area contributed by atoms with Gasteiger partial charge in [0.05, 0.1) is 17.0 Å². The maximum Gasteiger partial charge on any atom is 0.270 e. The van der Waals surface area contributed by atoms with Crippen molar-refractivity contribution in [2.45, 2.75) is 48.2 Å². The van der Waals surface area contributed by atoms with Gasteiger partial charge in [-0.05, 0) is 78.8 Å². The van der Waals surface area contributed by atoms with E-state index in [2.05, 4.69) is 20.8 Å². The fourth-order valence-electron chi connectivity index (χ4n) is 4.00. The smallest absolute Gasteiger partial charge is 0.270 e. The predicted molar refractivity (Wildman–Crippen MR) is 129 cm³/mol. The van der Waals surface area contributed by atoms with E-state index in [1.807, 2.05) is 43.3 Å². The summed E-state index contributed by atoms with van der Waals surface area (Å²) in [6.07, 6.45) is 4.92. The van der Waals surface area contributed by atoms with Gasteiger partial charge in [0.25, 0.3) is 11.6 Å². The third-order valence-corrected chi connectivity index (χ3v) is 6.92. The van der Waals surface area contributed by atoms with Crippen LogP contribution in [-0.4, -0.2) is 56.6 Å². The standard InChI is InChI=1S/C23H27N7O3S/c1-28(2)13-14-29-23(25-26-27-29)34-21-12-11-19(30(32)33)15-20(21)22(31)24-18-9-7-17(8-10-18)16-5-3-4-6-16/h7-12,15-16H,3-6,13-14H2,1-2H3,(H,24,31). The lowest BCUT2D eigenvalue weighted by atomic mass is 9.97. The Morgan fingerprint density at radius 3 is 2.62 bits per heavy atom. The van der Waals surface area contributed by atoms with E-state index in [-0.39, 0.29) is 11.3 Å². The van der Waals surface area contributed by atoms with Crippen LogP contribution in [0.15, 0.2) is 52.5 Å². The van der Waals surface area contributed by atoms with E-state index >= 15 is 0 Å². The lowest BCUT2D eigenvalue weighted by Gasteiger charge is -2.13. The van der Waals surface area contributed by atoms with E-state index in [1.54, 1.807) is 10.7 Å². The van der Waals surface area contributed by atoms with E-state index in [4.69, 9.17) is 0 Å². The van der Waals surface area contributed by atoms with Crippen LogP contribution in [0, 0.1) is 10.1 Å². The number of hydrogen-bond acceptors (Lipinski definition) is 8. The Kier molecular flexibility index (Phi) is 7.53. The highest BCUT2D eigenvalue weighted by molar-refractivity contribution is 7.99. The molecule has 1 aliphatic rings. The minimum atomic E-state index is -0.511. The molecule has 0 bridgehead atoms. The first-order valence-electron chi connectivity index (χ1n) is 11.2. The van der Waals surface area contributed by atoms with Crippen LogP contribution in [0.4, 0.5) is 11.4 Å². The van der Waals surface area contributed by atoms with Crippen molar-refractivity contribution in [3.8, 4) is 0 Å². The number of nitro groups is 1. The molecular weight excluding hydrogens is 454 g/mol. The molecule has 1 fully saturated rings. The van der Waals surface area contributed by atoms with Gasteiger partial charge in [-0.2, -0.15) is 0 Å². The molecule has 1 saturated carbocycles. The number of carbonyl (C=O) groups is 1. The molecule has 1 aromatic heterocycles. The molecule has 0 spiro atoms. The van der Waals surface area contributed by atoms with E-state index in [1.165, 1.54) is 55.1 Å². The highest BCUT2D eigenvalue weighted by Crippen LogP contribution is 2.35. The monoisotopic (exact) mass is 481 g/mol. The van der Waals surface area contributed by atoms with Crippen molar-refractivity contribution in [2.75, 3.05) is 26.0 Å². The molecule has 1 heterocycles. The normalized spacial score (nSPS) is 14.0. The maximum atomic E-state index is 13.2. The Labute approximate surface area is 201 Å². The van der Waals surface area contributed by atoms with Gasteiger partial charge in [0, 0.05) is 29.3 Å². The molecule has 34 heavy (non-hydrogen) atoms. The summed E-state index contributed by atoms with van der Waals surface area (Å²) in [5.74, 6) is 0.162. The summed E-state index contributed by atoms with van der Waals surface area (Å²) >= 11 is 1.20. The molecule has 11 heteroatoms. The number of amides is 1. The van der Waals surface area contributed by atoms with E-state index in [0.29, 0.717) is 28.2 Å². The Bertz CT molecular complexity index is 1160. The maximum absolute atomic E-state index is 13.2. The lowest BCUT2D eigenvalue weighted by molar-refractivity contribution is -0.384. The Morgan fingerprint density at radius 2 is 1.94 bits per heavy atom. The quantitative estimate of drug-likeness (QED) is 0.357. The van der Waals surface area contributed by atoms with Crippen molar-refractivity contribution in [2.24, 2.45) is 0 Å². The summed E-state index contributed by atoms with van der Waals surface area (Å²) < 4.78 is 1.65. The molecule has 1 N–H and O–H groups in total. The summed E-state index contributed by atoms with van der Waals surface area (Å²) in [4.78, 5) is 26.6. The molecule has 4 rings (SSSR count). The number of nitrogens with one attached hydrogen (secondary N) is 1. The van der Waals surface area contributed by atoms with Gasteiger partial charge in [0.15, 0.2) is 0 Å². The Balaban J connectivity index is 1.55. The highest BCUT2D eigenvalue weighted by Gasteiger charge is 2.21. The van der Waals surface area contributed by atoms with Crippen molar-refractivity contribution >= 4 is 29.0 Å². The zero-order valence-corrected chi connectivity index (χ0v) is 20.0. The van der Waals surface area contributed by atoms with E-state index in [9.17, 15) is 14.9 Å². The SMILES string of the molecule is CN(C)CCn1nnnc1Sc1ccc([N+](=O)[O-])cc1C(=O)Nc1ccc(C2CCCC2)cc1. The van der Waals surface area contributed by atoms with Crippen LogP contribution in [0.3, 0.4) is 0 Å². The van der Waals surface area contributed by atoms with Crippen LogP contribution >= 0.6 is 11.8 Å². The first kappa shape index (κ1) is 23.8. The van der Waals surface area contributed by atoms with Gasteiger partial charge in [0.1, 0.15) is 0 Å². The van der Waals surface area contributed by atoms with Crippen LogP contribution in [0.25, 0.3) is 0 Å². The number of non-ortho nitro benzene ring substituents is 1. The molecule has 1 amide bonds. The van der Waals surface area contributed by atoms with Crippen molar-refractivity contribution < 1.29 is 9.72 Å². The molecule has 0 radical (unpaired) electrons.